The Morgan fingerprint density at radius 1 is 1.41 bits per heavy atom. The molecular weight excluding hydrogens is 306 g/mol. The van der Waals surface area contributed by atoms with Gasteiger partial charge in [0.25, 0.3) is 0 Å². The van der Waals surface area contributed by atoms with E-state index < -0.39 is 5.97 Å². The van der Waals surface area contributed by atoms with Gasteiger partial charge in [-0.25, -0.2) is 9.78 Å². The molecule has 0 saturated carbocycles. The van der Waals surface area contributed by atoms with E-state index in [0.29, 0.717) is 17.4 Å². The van der Waals surface area contributed by atoms with Crippen LogP contribution >= 0.6 is 11.3 Å². The molecule has 22 heavy (non-hydrogen) atoms. The van der Waals surface area contributed by atoms with Gasteiger partial charge in [-0.15, -0.1) is 0 Å². The molecule has 0 aliphatic carbocycles. The van der Waals surface area contributed by atoms with Crippen molar-refractivity contribution in [2.45, 2.75) is 20.4 Å². The highest BCUT2D eigenvalue weighted by Crippen LogP contribution is 2.22. The molecule has 2 aromatic heterocycles. The maximum Gasteiger partial charge on any atom is 0.347 e. The van der Waals surface area contributed by atoms with Crippen LogP contribution in [0.3, 0.4) is 0 Å². The maximum atomic E-state index is 11.9. The molecule has 0 unspecified atom stereocenters. The van der Waals surface area contributed by atoms with Gasteiger partial charge in [-0.3, -0.25) is 9.69 Å². The van der Waals surface area contributed by atoms with Crippen molar-refractivity contribution < 1.29 is 19.1 Å². The number of aromatic carboxylic acids is 1. The standard InChI is InChI=1S/C14H17N3O4S/c1-8-4-5-10(21-8)6-17(3)7-11(18)16-14-15-9(2)12(22-14)13(19)20/h4-5H,6-7H2,1-3H3,(H,19,20)(H,15,16,18). The summed E-state index contributed by atoms with van der Waals surface area (Å²) in [6, 6.07) is 3.74. The molecular formula is C14H17N3O4S. The van der Waals surface area contributed by atoms with Gasteiger partial charge in [-0.05, 0) is 33.0 Å². The number of amides is 1. The van der Waals surface area contributed by atoms with E-state index >= 15 is 0 Å². The van der Waals surface area contributed by atoms with Crippen molar-refractivity contribution in [2.75, 3.05) is 18.9 Å². The number of aryl methyl sites for hydroxylation is 2. The highest BCUT2D eigenvalue weighted by molar-refractivity contribution is 7.17. The number of nitrogens with one attached hydrogen (secondary N) is 1. The van der Waals surface area contributed by atoms with Crippen molar-refractivity contribution in [3.8, 4) is 0 Å². The number of likely N-dealkylation sites (N-methyl/N-ethyl adjacent to an activating group) is 1. The van der Waals surface area contributed by atoms with Gasteiger partial charge in [0.1, 0.15) is 16.4 Å². The summed E-state index contributed by atoms with van der Waals surface area (Å²) in [6.45, 7) is 4.13. The molecule has 8 heteroatoms. The predicted octanol–water partition coefficient (Wildman–Crippen LogP) is 2.12. The van der Waals surface area contributed by atoms with E-state index in [-0.39, 0.29) is 17.3 Å². The van der Waals surface area contributed by atoms with Gasteiger partial charge in [0.05, 0.1) is 18.8 Å². The average Bonchev–Trinajstić information content (AvgIpc) is 2.95. The van der Waals surface area contributed by atoms with Crippen LogP contribution in [0.15, 0.2) is 16.5 Å². The number of furan rings is 1. The van der Waals surface area contributed by atoms with Gasteiger partial charge in [0.15, 0.2) is 5.13 Å². The fourth-order valence-electron chi connectivity index (χ4n) is 1.94. The quantitative estimate of drug-likeness (QED) is 0.845. The summed E-state index contributed by atoms with van der Waals surface area (Å²) >= 11 is 0.951. The van der Waals surface area contributed by atoms with Gasteiger partial charge in [0, 0.05) is 0 Å². The van der Waals surface area contributed by atoms with Crippen LogP contribution in [0.1, 0.15) is 26.9 Å². The van der Waals surface area contributed by atoms with Gasteiger partial charge < -0.3 is 14.8 Å². The summed E-state index contributed by atoms with van der Waals surface area (Å²) in [6.07, 6.45) is 0. The lowest BCUT2D eigenvalue weighted by Crippen LogP contribution is -2.29. The number of aromatic nitrogens is 1. The zero-order valence-corrected chi connectivity index (χ0v) is 13.4. The molecule has 0 aliphatic heterocycles. The van der Waals surface area contributed by atoms with Crippen LogP contribution in [0.25, 0.3) is 0 Å². The van der Waals surface area contributed by atoms with Crippen LogP contribution in [-0.4, -0.2) is 40.5 Å². The van der Waals surface area contributed by atoms with E-state index in [2.05, 4.69) is 10.3 Å². The van der Waals surface area contributed by atoms with Crippen LogP contribution in [-0.2, 0) is 11.3 Å². The smallest absolute Gasteiger partial charge is 0.347 e. The Bertz CT molecular complexity index is 692. The van der Waals surface area contributed by atoms with Crippen LogP contribution in [0, 0.1) is 13.8 Å². The van der Waals surface area contributed by atoms with Gasteiger partial charge >= 0.3 is 5.97 Å². The van der Waals surface area contributed by atoms with Crippen LogP contribution < -0.4 is 5.32 Å². The molecule has 2 N–H and O–H groups in total. The van der Waals surface area contributed by atoms with Crippen molar-refractivity contribution >= 4 is 28.3 Å². The largest absolute Gasteiger partial charge is 0.477 e. The number of nitrogens with zero attached hydrogens (tertiary/aromatic N) is 2. The number of thiazole rings is 1. The molecule has 118 valence electrons. The summed E-state index contributed by atoms with van der Waals surface area (Å²) < 4.78 is 5.45. The molecule has 0 saturated heterocycles. The Hall–Kier alpha value is -2.19. The number of hydrogen-bond donors (Lipinski definition) is 2. The molecule has 7 nitrogen and oxygen atoms in total. The van der Waals surface area contributed by atoms with Crippen molar-refractivity contribution in [1.82, 2.24) is 9.88 Å². The highest BCUT2D eigenvalue weighted by atomic mass is 32.1. The lowest BCUT2D eigenvalue weighted by Gasteiger charge is -2.13. The number of rotatable bonds is 6. The van der Waals surface area contributed by atoms with E-state index in [1.54, 1.807) is 18.9 Å². The first kappa shape index (κ1) is 16.2. The van der Waals surface area contributed by atoms with E-state index in [0.717, 1.165) is 22.9 Å². The molecule has 0 atom stereocenters. The minimum Gasteiger partial charge on any atom is -0.477 e. The van der Waals surface area contributed by atoms with Crippen molar-refractivity contribution in [3.63, 3.8) is 0 Å². The molecule has 0 aliphatic rings. The molecule has 0 spiro atoms. The normalized spacial score (nSPS) is 10.9. The number of carbonyl (C=O) groups is 2. The first-order valence-corrected chi connectivity index (χ1v) is 7.41. The summed E-state index contributed by atoms with van der Waals surface area (Å²) in [7, 11) is 1.80. The number of carboxylic acid groups (broad SMARTS) is 1. The number of anilines is 1. The SMILES string of the molecule is Cc1ccc(CN(C)CC(=O)Nc2nc(C)c(C(=O)O)s2)o1. The molecule has 2 heterocycles. The second kappa shape index (κ2) is 6.71. The maximum absolute atomic E-state index is 11.9. The lowest BCUT2D eigenvalue weighted by atomic mass is 10.4. The van der Waals surface area contributed by atoms with Crippen LogP contribution in [0.4, 0.5) is 5.13 Å². The van der Waals surface area contributed by atoms with Crippen molar-refractivity contribution in [2.24, 2.45) is 0 Å². The second-order valence-corrected chi connectivity index (χ2v) is 5.97. The van der Waals surface area contributed by atoms with E-state index in [1.165, 1.54) is 0 Å². The summed E-state index contributed by atoms with van der Waals surface area (Å²) in [4.78, 5) is 28.9. The zero-order valence-electron chi connectivity index (χ0n) is 12.5. The third kappa shape index (κ3) is 4.15. The Morgan fingerprint density at radius 3 is 2.68 bits per heavy atom. The van der Waals surface area contributed by atoms with Gasteiger partial charge in [-0.1, -0.05) is 11.3 Å². The summed E-state index contributed by atoms with van der Waals surface area (Å²) in [5, 5.41) is 11.9. The monoisotopic (exact) mass is 323 g/mol. The Balaban J connectivity index is 1.89. The van der Waals surface area contributed by atoms with E-state index in [1.807, 2.05) is 19.1 Å². The molecule has 1 amide bonds. The average molecular weight is 323 g/mol. The van der Waals surface area contributed by atoms with E-state index in [9.17, 15) is 9.59 Å². The fourth-order valence-corrected chi connectivity index (χ4v) is 2.77. The molecule has 0 radical (unpaired) electrons. The van der Waals surface area contributed by atoms with E-state index in [4.69, 9.17) is 9.52 Å². The fraction of sp³-hybridized carbons (Fsp3) is 0.357. The summed E-state index contributed by atoms with van der Waals surface area (Å²) in [5.74, 6) is 0.315. The third-order valence-electron chi connectivity index (χ3n) is 2.87. The molecule has 0 bridgehead atoms. The van der Waals surface area contributed by atoms with Crippen LogP contribution in [0.2, 0.25) is 0 Å². The Labute approximate surface area is 131 Å². The van der Waals surface area contributed by atoms with Gasteiger partial charge in [0.2, 0.25) is 5.91 Å². The molecule has 0 fully saturated rings. The molecule has 2 aromatic rings. The first-order valence-electron chi connectivity index (χ1n) is 6.59. The van der Waals surface area contributed by atoms with Gasteiger partial charge in [-0.2, -0.15) is 0 Å². The first-order chi connectivity index (χ1) is 10.3. The summed E-state index contributed by atoms with van der Waals surface area (Å²) in [5.41, 5.74) is 0.396. The van der Waals surface area contributed by atoms with Crippen LogP contribution in [0.5, 0.6) is 0 Å². The zero-order chi connectivity index (χ0) is 16.3. The Kier molecular flexibility index (Phi) is 4.94. The third-order valence-corrected chi connectivity index (χ3v) is 3.93. The lowest BCUT2D eigenvalue weighted by molar-refractivity contribution is -0.117. The topological polar surface area (TPSA) is 95.7 Å². The minimum atomic E-state index is -1.04. The second-order valence-electron chi connectivity index (χ2n) is 4.97. The molecule has 0 aromatic carbocycles. The molecule has 2 rings (SSSR count). The van der Waals surface area contributed by atoms with Crippen molar-refractivity contribution in [3.05, 3.63) is 34.2 Å². The Morgan fingerprint density at radius 2 is 2.14 bits per heavy atom. The number of hydrogen-bond acceptors (Lipinski definition) is 6. The number of carbonyl (C=O) groups excluding carboxylic acids is 1. The van der Waals surface area contributed by atoms with Crippen molar-refractivity contribution in [1.29, 1.82) is 0 Å². The highest BCUT2D eigenvalue weighted by Gasteiger charge is 2.16. The minimum absolute atomic E-state index is 0.134. The number of carboxylic acids is 1. The predicted molar refractivity (Wildman–Crippen MR) is 82.2 cm³/mol.